The van der Waals surface area contributed by atoms with Gasteiger partial charge in [-0.25, -0.2) is 9.50 Å². The molecule has 0 bridgehead atoms. The van der Waals surface area contributed by atoms with Crippen molar-refractivity contribution >= 4 is 23.3 Å². The summed E-state index contributed by atoms with van der Waals surface area (Å²) in [6.45, 7) is 5.11. The first-order valence-electron chi connectivity index (χ1n) is 10.6. The van der Waals surface area contributed by atoms with Crippen LogP contribution in [0.25, 0.3) is 5.78 Å². The fraction of sp³-hybridized carbons (Fsp3) is 0.409. The number of ether oxygens (including phenoxy) is 2. The zero-order valence-electron chi connectivity index (χ0n) is 18.0. The standard InChI is InChI=1S/C22H24N6O4/c1-13-17(14(2)28-22(25-13)23-11-24-28)10-20(29)27-7-5-15(6-8-27)21(30)26-16-3-4-18-19(9-16)32-12-31-18/h3-4,9,11,15H,5-8,10,12H2,1-2H3,(H,26,30). The van der Waals surface area contributed by atoms with Crippen LogP contribution in [0.3, 0.4) is 0 Å². The Bertz CT molecular complexity index is 1200. The third kappa shape index (κ3) is 3.72. The lowest BCUT2D eigenvalue weighted by atomic mass is 9.95. The summed E-state index contributed by atoms with van der Waals surface area (Å²) in [4.78, 5) is 36.0. The topological polar surface area (TPSA) is 111 Å². The average Bonchev–Trinajstić information content (AvgIpc) is 3.45. The second kappa shape index (κ2) is 8.10. The summed E-state index contributed by atoms with van der Waals surface area (Å²) < 4.78 is 12.3. The molecule has 0 aliphatic carbocycles. The molecule has 2 amide bonds. The van der Waals surface area contributed by atoms with Crippen molar-refractivity contribution in [3.63, 3.8) is 0 Å². The summed E-state index contributed by atoms with van der Waals surface area (Å²) >= 11 is 0. The maximum Gasteiger partial charge on any atom is 0.252 e. The number of nitrogens with one attached hydrogen (secondary N) is 1. The molecule has 1 aromatic carbocycles. The van der Waals surface area contributed by atoms with Gasteiger partial charge in [0.15, 0.2) is 11.5 Å². The summed E-state index contributed by atoms with van der Waals surface area (Å²) in [7, 11) is 0. The highest BCUT2D eigenvalue weighted by Gasteiger charge is 2.28. The van der Waals surface area contributed by atoms with Gasteiger partial charge >= 0.3 is 0 Å². The molecule has 1 N–H and O–H groups in total. The van der Waals surface area contributed by atoms with E-state index in [0.717, 1.165) is 17.0 Å². The minimum atomic E-state index is -0.138. The van der Waals surface area contributed by atoms with Gasteiger partial charge in [-0.15, -0.1) is 0 Å². The maximum atomic E-state index is 12.9. The normalized spacial score (nSPS) is 15.9. The lowest BCUT2D eigenvalue weighted by Crippen LogP contribution is -2.42. The molecule has 1 saturated heterocycles. The van der Waals surface area contributed by atoms with Gasteiger partial charge < -0.3 is 19.7 Å². The summed E-state index contributed by atoms with van der Waals surface area (Å²) in [5, 5.41) is 7.13. The second-order valence-corrected chi connectivity index (χ2v) is 8.12. The van der Waals surface area contributed by atoms with Gasteiger partial charge in [0.25, 0.3) is 5.78 Å². The van der Waals surface area contributed by atoms with E-state index in [0.29, 0.717) is 48.9 Å². The van der Waals surface area contributed by atoms with Crippen molar-refractivity contribution in [1.82, 2.24) is 24.5 Å². The molecule has 5 rings (SSSR count). The fourth-order valence-corrected chi connectivity index (χ4v) is 4.28. The molecule has 10 heteroatoms. The van der Waals surface area contributed by atoms with Gasteiger partial charge in [-0.3, -0.25) is 9.59 Å². The Labute approximate surface area is 184 Å². The molecule has 166 valence electrons. The molecule has 2 aliphatic heterocycles. The van der Waals surface area contributed by atoms with Gasteiger partial charge in [-0.05, 0) is 38.8 Å². The van der Waals surface area contributed by atoms with Crippen molar-refractivity contribution in [2.45, 2.75) is 33.1 Å². The van der Waals surface area contributed by atoms with Gasteiger partial charge in [-0.1, -0.05) is 0 Å². The predicted molar refractivity (Wildman–Crippen MR) is 114 cm³/mol. The van der Waals surface area contributed by atoms with Crippen LogP contribution < -0.4 is 14.8 Å². The van der Waals surface area contributed by atoms with E-state index in [1.165, 1.54) is 6.33 Å². The number of anilines is 1. The Hall–Kier alpha value is -3.69. The van der Waals surface area contributed by atoms with Crippen LogP contribution in [0.15, 0.2) is 24.5 Å². The molecule has 0 unspecified atom stereocenters. The SMILES string of the molecule is Cc1nc2ncnn2c(C)c1CC(=O)N1CCC(C(=O)Nc2ccc3c(c2)OCO3)CC1. The van der Waals surface area contributed by atoms with Crippen LogP contribution in [0.5, 0.6) is 11.5 Å². The number of amides is 2. The number of aromatic nitrogens is 4. The highest BCUT2D eigenvalue weighted by molar-refractivity contribution is 5.93. The van der Waals surface area contributed by atoms with Crippen LogP contribution in [0.2, 0.25) is 0 Å². The molecule has 0 saturated carbocycles. The highest BCUT2D eigenvalue weighted by atomic mass is 16.7. The third-order valence-electron chi connectivity index (χ3n) is 6.18. The maximum absolute atomic E-state index is 12.9. The van der Waals surface area contributed by atoms with Crippen LogP contribution in [0, 0.1) is 19.8 Å². The molecule has 2 aliphatic rings. The Morgan fingerprint density at radius 2 is 1.94 bits per heavy atom. The number of carbonyl (C=O) groups is 2. The van der Waals surface area contributed by atoms with Gasteiger partial charge in [0.1, 0.15) is 6.33 Å². The average molecular weight is 436 g/mol. The van der Waals surface area contributed by atoms with Crippen molar-refractivity contribution in [3.05, 3.63) is 41.5 Å². The monoisotopic (exact) mass is 436 g/mol. The van der Waals surface area contributed by atoms with Gasteiger partial charge in [-0.2, -0.15) is 10.1 Å². The van der Waals surface area contributed by atoms with Crippen molar-refractivity contribution in [2.75, 3.05) is 25.2 Å². The number of hydrogen-bond acceptors (Lipinski definition) is 7. The van der Waals surface area contributed by atoms with E-state index >= 15 is 0 Å². The van der Waals surface area contributed by atoms with E-state index in [1.807, 2.05) is 18.7 Å². The number of piperidine rings is 1. The largest absolute Gasteiger partial charge is 0.454 e. The molecule has 0 spiro atoms. The molecule has 32 heavy (non-hydrogen) atoms. The molecular formula is C22H24N6O4. The first-order valence-corrected chi connectivity index (χ1v) is 10.6. The van der Waals surface area contributed by atoms with Gasteiger partial charge in [0, 0.05) is 47.7 Å². The van der Waals surface area contributed by atoms with Crippen molar-refractivity contribution in [3.8, 4) is 11.5 Å². The van der Waals surface area contributed by atoms with E-state index < -0.39 is 0 Å². The Balaban J connectivity index is 1.18. The zero-order chi connectivity index (χ0) is 22.2. The molecule has 1 fully saturated rings. The molecule has 10 nitrogen and oxygen atoms in total. The first kappa shape index (κ1) is 20.2. The smallest absolute Gasteiger partial charge is 0.252 e. The molecule has 0 radical (unpaired) electrons. The van der Waals surface area contributed by atoms with E-state index in [-0.39, 0.29) is 30.9 Å². The quantitative estimate of drug-likeness (QED) is 0.665. The first-order chi connectivity index (χ1) is 15.5. The Kier molecular flexibility index (Phi) is 5.12. The Morgan fingerprint density at radius 3 is 2.75 bits per heavy atom. The third-order valence-corrected chi connectivity index (χ3v) is 6.18. The number of likely N-dealkylation sites (tertiary alicyclic amines) is 1. The number of hydrogen-bond donors (Lipinski definition) is 1. The van der Waals surface area contributed by atoms with E-state index in [4.69, 9.17) is 9.47 Å². The molecule has 3 aromatic rings. The van der Waals surface area contributed by atoms with E-state index in [2.05, 4.69) is 20.4 Å². The highest BCUT2D eigenvalue weighted by Crippen LogP contribution is 2.34. The summed E-state index contributed by atoms with van der Waals surface area (Å²) in [6, 6.07) is 5.35. The number of rotatable bonds is 4. The van der Waals surface area contributed by atoms with Crippen LogP contribution in [0.4, 0.5) is 5.69 Å². The molecule has 4 heterocycles. The number of fused-ring (bicyclic) bond motifs is 2. The number of aryl methyl sites for hydroxylation is 2. The number of nitrogens with zero attached hydrogens (tertiary/aromatic N) is 5. The summed E-state index contributed by atoms with van der Waals surface area (Å²) in [6.07, 6.45) is 2.97. The molecular weight excluding hydrogens is 412 g/mol. The van der Waals surface area contributed by atoms with E-state index in [9.17, 15) is 9.59 Å². The minimum Gasteiger partial charge on any atom is -0.454 e. The minimum absolute atomic E-state index is 0.0343. The molecule has 0 atom stereocenters. The summed E-state index contributed by atoms with van der Waals surface area (Å²) in [5.41, 5.74) is 3.21. The van der Waals surface area contributed by atoms with Crippen molar-refractivity contribution in [2.24, 2.45) is 5.92 Å². The van der Waals surface area contributed by atoms with Crippen molar-refractivity contribution in [1.29, 1.82) is 0 Å². The van der Waals surface area contributed by atoms with Crippen LogP contribution in [-0.2, 0) is 16.0 Å². The molecule has 2 aromatic heterocycles. The summed E-state index contributed by atoms with van der Waals surface area (Å²) in [5.74, 6) is 1.70. The number of benzene rings is 1. The van der Waals surface area contributed by atoms with Crippen LogP contribution in [0.1, 0.15) is 29.8 Å². The van der Waals surface area contributed by atoms with Crippen molar-refractivity contribution < 1.29 is 19.1 Å². The fourth-order valence-electron chi connectivity index (χ4n) is 4.28. The van der Waals surface area contributed by atoms with E-state index in [1.54, 1.807) is 22.7 Å². The lowest BCUT2D eigenvalue weighted by molar-refractivity contribution is -0.133. The van der Waals surface area contributed by atoms with Gasteiger partial charge in [0.05, 0.1) is 6.42 Å². The zero-order valence-corrected chi connectivity index (χ0v) is 18.0. The second-order valence-electron chi connectivity index (χ2n) is 8.12. The van der Waals surface area contributed by atoms with Gasteiger partial charge in [0.2, 0.25) is 18.6 Å². The van der Waals surface area contributed by atoms with Crippen LogP contribution in [-0.4, -0.2) is 56.2 Å². The van der Waals surface area contributed by atoms with Crippen LogP contribution >= 0.6 is 0 Å². The lowest BCUT2D eigenvalue weighted by Gasteiger charge is -2.31. The Morgan fingerprint density at radius 1 is 1.16 bits per heavy atom. The number of carbonyl (C=O) groups excluding carboxylic acids is 2. The predicted octanol–water partition coefficient (Wildman–Crippen LogP) is 1.89.